The van der Waals surface area contributed by atoms with Gasteiger partial charge in [-0.05, 0) is 66.3 Å². The van der Waals surface area contributed by atoms with Crippen LogP contribution >= 0.6 is 0 Å². The van der Waals surface area contributed by atoms with Gasteiger partial charge in [0.2, 0.25) is 0 Å². The van der Waals surface area contributed by atoms with Crippen LogP contribution in [-0.2, 0) is 0 Å². The fourth-order valence-corrected chi connectivity index (χ4v) is 4.56. The Bertz CT molecular complexity index is 1010. The van der Waals surface area contributed by atoms with Gasteiger partial charge in [-0.2, -0.15) is 5.10 Å². The second-order valence-corrected chi connectivity index (χ2v) is 8.75. The monoisotopic (exact) mass is 417 g/mol. The number of rotatable bonds is 4. The number of amides is 2. The molecule has 6 heteroatoms. The third kappa shape index (κ3) is 4.15. The van der Waals surface area contributed by atoms with Crippen molar-refractivity contribution >= 4 is 29.2 Å². The molecular formula is C25H31N5O. The maximum atomic E-state index is 12.3. The molecule has 2 N–H and O–H groups in total. The number of fused-ring (bicyclic) bond motifs is 1. The van der Waals surface area contributed by atoms with Crippen molar-refractivity contribution in [2.45, 2.75) is 25.3 Å². The second-order valence-electron chi connectivity index (χ2n) is 8.75. The summed E-state index contributed by atoms with van der Waals surface area (Å²) in [5.41, 5.74) is 12.5. The van der Waals surface area contributed by atoms with Gasteiger partial charge < -0.3 is 15.5 Å². The maximum absolute atomic E-state index is 12.3. The molecule has 31 heavy (non-hydrogen) atoms. The zero-order valence-corrected chi connectivity index (χ0v) is 18.7. The van der Waals surface area contributed by atoms with Gasteiger partial charge in [0, 0.05) is 45.5 Å². The summed E-state index contributed by atoms with van der Waals surface area (Å²) in [5.74, 6) is 0.166. The lowest BCUT2D eigenvalue weighted by molar-refractivity contribution is 0.184. The maximum Gasteiger partial charge on any atom is 0.335 e. The summed E-state index contributed by atoms with van der Waals surface area (Å²) in [6, 6.07) is 16.2. The zero-order valence-electron chi connectivity index (χ0n) is 18.7. The number of nitrogens with zero attached hydrogens (tertiary/aromatic N) is 4. The first-order valence-electron chi connectivity index (χ1n) is 10.8. The van der Waals surface area contributed by atoms with Crippen LogP contribution in [0, 0.1) is 5.92 Å². The minimum Gasteiger partial charge on any atom is -0.378 e. The minimum absolute atomic E-state index is 0.150. The Balaban J connectivity index is 1.66. The Morgan fingerprint density at radius 2 is 1.58 bits per heavy atom. The number of hydrazone groups is 1. The van der Waals surface area contributed by atoms with E-state index in [1.807, 2.05) is 28.2 Å². The summed E-state index contributed by atoms with van der Waals surface area (Å²) in [5, 5.41) is 6.22. The molecule has 0 spiro atoms. The van der Waals surface area contributed by atoms with Gasteiger partial charge >= 0.3 is 6.03 Å². The number of carbonyl (C=O) groups is 1. The van der Waals surface area contributed by atoms with Gasteiger partial charge in [-0.3, -0.25) is 0 Å². The SMILES string of the molecule is CN(C)c1ccc(/C=C2\CCCC3C2=NN(C(N)=O)C3c2ccc(N(C)C)cc2)cc1. The summed E-state index contributed by atoms with van der Waals surface area (Å²) >= 11 is 0. The first-order valence-corrected chi connectivity index (χ1v) is 10.8. The third-order valence-corrected chi connectivity index (χ3v) is 6.23. The molecule has 1 saturated carbocycles. The lowest BCUT2D eigenvalue weighted by Gasteiger charge is -2.29. The summed E-state index contributed by atoms with van der Waals surface area (Å²) in [4.78, 5) is 16.4. The highest BCUT2D eigenvalue weighted by Crippen LogP contribution is 2.44. The lowest BCUT2D eigenvalue weighted by Crippen LogP contribution is -2.35. The molecule has 2 aliphatic rings. The molecule has 1 heterocycles. The van der Waals surface area contributed by atoms with Crippen molar-refractivity contribution in [2.75, 3.05) is 38.0 Å². The molecule has 2 amide bonds. The number of hydrogen-bond acceptors (Lipinski definition) is 4. The Morgan fingerprint density at radius 1 is 1.00 bits per heavy atom. The number of allylic oxidation sites excluding steroid dienone is 1. The van der Waals surface area contributed by atoms with Crippen molar-refractivity contribution in [1.29, 1.82) is 0 Å². The summed E-state index contributed by atoms with van der Waals surface area (Å²) in [6.07, 6.45) is 5.24. The highest BCUT2D eigenvalue weighted by atomic mass is 16.2. The normalized spacial score (nSPS) is 21.6. The lowest BCUT2D eigenvalue weighted by atomic mass is 9.77. The summed E-state index contributed by atoms with van der Waals surface area (Å²) in [7, 11) is 8.11. The van der Waals surface area contributed by atoms with E-state index in [9.17, 15) is 4.79 Å². The first-order chi connectivity index (χ1) is 14.8. The first kappa shape index (κ1) is 21.0. The molecule has 1 aliphatic heterocycles. The van der Waals surface area contributed by atoms with Gasteiger partial charge in [-0.15, -0.1) is 0 Å². The van der Waals surface area contributed by atoms with Crippen LogP contribution in [0.1, 0.15) is 36.4 Å². The summed E-state index contributed by atoms with van der Waals surface area (Å²) < 4.78 is 0. The van der Waals surface area contributed by atoms with E-state index in [2.05, 4.69) is 64.4 Å². The number of urea groups is 1. The molecule has 2 aromatic rings. The van der Waals surface area contributed by atoms with Crippen molar-refractivity contribution in [3.63, 3.8) is 0 Å². The molecule has 0 bridgehead atoms. The van der Waals surface area contributed by atoms with E-state index in [0.717, 1.165) is 41.8 Å². The third-order valence-electron chi connectivity index (χ3n) is 6.23. The second kappa shape index (κ2) is 8.46. The van der Waals surface area contributed by atoms with Crippen molar-refractivity contribution in [3.05, 3.63) is 65.2 Å². The molecule has 2 aromatic carbocycles. The number of carbonyl (C=O) groups excluding carboxylic acids is 1. The molecule has 0 aromatic heterocycles. The molecule has 4 rings (SSSR count). The molecule has 2 unspecified atom stereocenters. The van der Waals surface area contributed by atoms with Crippen molar-refractivity contribution in [3.8, 4) is 0 Å². The number of benzene rings is 2. The standard InChI is InChI=1S/C25H31N5O/c1-28(2)20-12-8-17(9-13-20)16-19-6-5-7-22-23(19)27-30(25(26)31)24(22)18-10-14-21(15-11-18)29(3)4/h8-16,22,24H,5-7H2,1-4H3,(H2,26,31)/b19-16+. The van der Waals surface area contributed by atoms with Gasteiger partial charge in [0.1, 0.15) is 0 Å². The Morgan fingerprint density at radius 3 is 2.13 bits per heavy atom. The fourth-order valence-electron chi connectivity index (χ4n) is 4.56. The number of nitrogens with two attached hydrogens (primary N) is 1. The number of anilines is 2. The van der Waals surface area contributed by atoms with Gasteiger partial charge in [0.05, 0.1) is 11.8 Å². The average Bonchev–Trinajstić information content (AvgIpc) is 3.15. The van der Waals surface area contributed by atoms with E-state index in [0.29, 0.717) is 0 Å². The van der Waals surface area contributed by atoms with Crippen molar-refractivity contribution in [2.24, 2.45) is 16.8 Å². The topological polar surface area (TPSA) is 65.2 Å². The zero-order chi connectivity index (χ0) is 22.1. The molecule has 0 saturated heterocycles. The fraction of sp³-hybridized carbons (Fsp3) is 0.360. The van der Waals surface area contributed by atoms with Crippen molar-refractivity contribution in [1.82, 2.24) is 5.01 Å². The van der Waals surface area contributed by atoms with Crippen molar-refractivity contribution < 1.29 is 4.79 Å². The quantitative estimate of drug-likeness (QED) is 0.797. The molecule has 6 nitrogen and oxygen atoms in total. The Labute approximate surface area is 184 Å². The van der Waals surface area contributed by atoms with E-state index < -0.39 is 6.03 Å². The van der Waals surface area contributed by atoms with Crippen LogP contribution < -0.4 is 15.5 Å². The van der Waals surface area contributed by atoms with E-state index in [4.69, 9.17) is 10.8 Å². The molecular weight excluding hydrogens is 386 g/mol. The molecule has 0 radical (unpaired) electrons. The van der Waals surface area contributed by atoms with Gasteiger partial charge in [-0.1, -0.05) is 24.3 Å². The number of primary amides is 1. The van der Waals surface area contributed by atoms with Crippen LogP contribution in [0.5, 0.6) is 0 Å². The van der Waals surface area contributed by atoms with E-state index >= 15 is 0 Å². The minimum atomic E-state index is -0.502. The van der Waals surface area contributed by atoms with E-state index in [1.165, 1.54) is 16.3 Å². The van der Waals surface area contributed by atoms with E-state index in [1.54, 1.807) is 0 Å². The van der Waals surface area contributed by atoms with Crippen LogP contribution in [0.3, 0.4) is 0 Å². The van der Waals surface area contributed by atoms with Gasteiger partial charge in [0.15, 0.2) is 0 Å². The predicted molar refractivity (Wildman–Crippen MR) is 128 cm³/mol. The largest absolute Gasteiger partial charge is 0.378 e. The highest BCUT2D eigenvalue weighted by Gasteiger charge is 2.43. The van der Waals surface area contributed by atoms with E-state index in [-0.39, 0.29) is 12.0 Å². The summed E-state index contributed by atoms with van der Waals surface area (Å²) in [6.45, 7) is 0. The molecule has 1 aliphatic carbocycles. The Kier molecular flexibility index (Phi) is 5.72. The smallest absolute Gasteiger partial charge is 0.335 e. The molecule has 2 atom stereocenters. The van der Waals surface area contributed by atoms with Crippen LogP contribution in [0.15, 0.2) is 59.2 Å². The molecule has 1 fully saturated rings. The van der Waals surface area contributed by atoms with Gasteiger partial charge in [0.25, 0.3) is 0 Å². The van der Waals surface area contributed by atoms with Crippen LogP contribution in [-0.4, -0.2) is 44.9 Å². The van der Waals surface area contributed by atoms with Crippen LogP contribution in [0.25, 0.3) is 6.08 Å². The number of hydrogen-bond donors (Lipinski definition) is 1. The Hall–Kier alpha value is -3.28. The predicted octanol–water partition coefficient (Wildman–Crippen LogP) is 4.49. The molecule has 162 valence electrons. The highest BCUT2D eigenvalue weighted by molar-refractivity contribution is 6.08. The van der Waals surface area contributed by atoms with Crippen LogP contribution in [0.4, 0.5) is 16.2 Å². The average molecular weight is 418 g/mol. The van der Waals surface area contributed by atoms with Crippen LogP contribution in [0.2, 0.25) is 0 Å². The van der Waals surface area contributed by atoms with Gasteiger partial charge in [-0.25, -0.2) is 9.80 Å².